The number of ether oxygens (including phenoxy) is 1. The van der Waals surface area contributed by atoms with E-state index in [1.165, 1.54) is 30.1 Å². The molecule has 0 bridgehead atoms. The Morgan fingerprint density at radius 1 is 1.45 bits per heavy atom. The van der Waals surface area contributed by atoms with Gasteiger partial charge in [0.1, 0.15) is 0 Å². The molecule has 0 spiro atoms. The first kappa shape index (κ1) is 15.7. The minimum atomic E-state index is -4.15. The Bertz CT molecular complexity index is 784. The minimum absolute atomic E-state index is 0.152. The number of aromatic nitrogens is 3. The van der Waals surface area contributed by atoms with Gasteiger partial charge >= 0.3 is 5.82 Å². The zero-order chi connectivity index (χ0) is 16.3. The lowest BCUT2D eigenvalue weighted by Crippen LogP contribution is -2.14. The summed E-state index contributed by atoms with van der Waals surface area (Å²) in [5.41, 5.74) is 0.152. The molecule has 2 rings (SSSR count). The van der Waals surface area contributed by atoms with Gasteiger partial charge < -0.3 is 14.9 Å². The third-order valence-corrected chi connectivity index (χ3v) is 4.07. The largest absolute Gasteiger partial charge is 0.481 e. The van der Waals surface area contributed by atoms with Crippen LogP contribution in [-0.2, 0) is 16.6 Å². The van der Waals surface area contributed by atoms with Gasteiger partial charge in [-0.05, 0) is 17.9 Å². The maximum absolute atomic E-state index is 12.3. The van der Waals surface area contributed by atoms with E-state index in [0.717, 1.165) is 6.20 Å². The number of anilines is 1. The van der Waals surface area contributed by atoms with Crippen LogP contribution < -0.4 is 9.46 Å². The summed E-state index contributed by atoms with van der Waals surface area (Å²) in [6.07, 6.45) is 2.35. The smallest absolute Gasteiger partial charge is 0.410 e. The topological polar surface area (TPSA) is 129 Å². The molecular formula is C11H13N5O5S. The Kier molecular flexibility index (Phi) is 4.26. The zero-order valence-corrected chi connectivity index (χ0v) is 12.6. The quantitative estimate of drug-likeness (QED) is 0.619. The molecule has 0 amide bonds. The highest BCUT2D eigenvalue weighted by Gasteiger charge is 2.31. The Labute approximate surface area is 125 Å². The third-order valence-electron chi connectivity index (χ3n) is 2.69. The summed E-state index contributed by atoms with van der Waals surface area (Å²) in [4.78, 5) is 13.4. The van der Waals surface area contributed by atoms with Crippen LogP contribution in [0.15, 0.2) is 29.4 Å². The molecule has 0 aliphatic rings. The van der Waals surface area contributed by atoms with E-state index < -0.39 is 25.7 Å². The predicted molar refractivity (Wildman–Crippen MR) is 76.2 cm³/mol. The summed E-state index contributed by atoms with van der Waals surface area (Å²) in [5.74, 6) is -0.413. The highest BCUT2D eigenvalue weighted by Crippen LogP contribution is 2.24. The maximum atomic E-state index is 12.3. The van der Waals surface area contributed by atoms with Crippen LogP contribution >= 0.6 is 0 Å². The van der Waals surface area contributed by atoms with Crippen molar-refractivity contribution in [1.29, 1.82) is 0 Å². The van der Waals surface area contributed by atoms with Gasteiger partial charge in [0.25, 0.3) is 10.0 Å². The molecule has 118 valence electrons. The lowest BCUT2D eigenvalue weighted by atomic mass is 10.4. The van der Waals surface area contributed by atoms with Crippen molar-refractivity contribution in [3.05, 3.63) is 34.6 Å². The van der Waals surface area contributed by atoms with E-state index in [9.17, 15) is 18.5 Å². The second-order valence-corrected chi connectivity index (χ2v) is 5.78. The van der Waals surface area contributed by atoms with Gasteiger partial charge in [0.05, 0.1) is 36.8 Å². The number of sulfonamides is 1. The van der Waals surface area contributed by atoms with Crippen LogP contribution in [0.3, 0.4) is 0 Å². The number of hydrogen-bond acceptors (Lipinski definition) is 7. The van der Waals surface area contributed by atoms with E-state index in [-0.39, 0.29) is 5.69 Å². The molecule has 10 nitrogen and oxygen atoms in total. The molecule has 0 radical (unpaired) electrons. The van der Waals surface area contributed by atoms with Crippen LogP contribution in [0.25, 0.3) is 0 Å². The Morgan fingerprint density at radius 2 is 2.18 bits per heavy atom. The third kappa shape index (κ3) is 3.14. The molecule has 0 saturated carbocycles. The lowest BCUT2D eigenvalue weighted by molar-refractivity contribution is -0.392. The van der Waals surface area contributed by atoms with Gasteiger partial charge in [0, 0.05) is 6.07 Å². The molecule has 0 unspecified atom stereocenters. The monoisotopic (exact) mass is 327 g/mol. The number of nitro groups is 1. The van der Waals surface area contributed by atoms with Crippen LogP contribution in [0.2, 0.25) is 0 Å². The van der Waals surface area contributed by atoms with E-state index in [1.54, 1.807) is 6.92 Å². The van der Waals surface area contributed by atoms with E-state index in [1.807, 2.05) is 0 Å². The molecule has 2 heterocycles. The average molecular weight is 327 g/mol. The second kappa shape index (κ2) is 5.97. The minimum Gasteiger partial charge on any atom is -0.481 e. The maximum Gasteiger partial charge on any atom is 0.410 e. The van der Waals surface area contributed by atoms with Crippen LogP contribution in [0.5, 0.6) is 5.88 Å². The summed E-state index contributed by atoms with van der Waals surface area (Å²) >= 11 is 0. The summed E-state index contributed by atoms with van der Waals surface area (Å²) < 4.78 is 32.8. The number of pyridine rings is 1. The molecule has 0 aliphatic heterocycles. The van der Waals surface area contributed by atoms with Gasteiger partial charge in [-0.2, -0.15) is 4.68 Å². The molecule has 2 aromatic heterocycles. The van der Waals surface area contributed by atoms with Crippen molar-refractivity contribution in [2.75, 3.05) is 11.8 Å². The Balaban J connectivity index is 2.37. The Hall–Kier alpha value is -2.69. The van der Waals surface area contributed by atoms with E-state index >= 15 is 0 Å². The predicted octanol–water partition coefficient (Wildman–Crippen LogP) is 1.02. The van der Waals surface area contributed by atoms with Crippen molar-refractivity contribution in [3.63, 3.8) is 0 Å². The summed E-state index contributed by atoms with van der Waals surface area (Å²) in [7, 11) is -2.73. The summed E-state index contributed by atoms with van der Waals surface area (Å²) in [5, 5.41) is 14.6. The Morgan fingerprint density at radius 3 is 2.68 bits per heavy atom. The first-order chi connectivity index (χ1) is 10.4. The number of nitrogens with zero attached hydrogens (tertiary/aromatic N) is 4. The fourth-order valence-corrected chi connectivity index (χ4v) is 2.80. The summed E-state index contributed by atoms with van der Waals surface area (Å²) in [6, 6.07) is 2.89. The molecule has 0 atom stereocenters. The zero-order valence-electron chi connectivity index (χ0n) is 11.8. The molecule has 22 heavy (non-hydrogen) atoms. The number of hydrogen-bond donors (Lipinski definition) is 1. The number of rotatable bonds is 6. The van der Waals surface area contributed by atoms with E-state index in [2.05, 4.69) is 14.8 Å². The van der Waals surface area contributed by atoms with Crippen LogP contribution in [0.4, 0.5) is 11.5 Å². The van der Waals surface area contributed by atoms with Crippen molar-refractivity contribution >= 4 is 21.5 Å². The lowest BCUT2D eigenvalue weighted by Gasteiger charge is -2.06. The average Bonchev–Trinajstić information content (AvgIpc) is 2.93. The van der Waals surface area contributed by atoms with Crippen LogP contribution in [0.1, 0.15) is 6.92 Å². The molecule has 0 aliphatic carbocycles. The van der Waals surface area contributed by atoms with Gasteiger partial charge in [-0.25, -0.2) is 13.4 Å². The first-order valence-corrected chi connectivity index (χ1v) is 7.60. The fourth-order valence-electron chi connectivity index (χ4n) is 1.64. The molecule has 0 fully saturated rings. The highest BCUT2D eigenvalue weighted by atomic mass is 32.2. The normalized spacial score (nSPS) is 11.2. The SMILES string of the molecule is CCn1cc(S(=O)(=O)Nc2ccc(OC)nc2)c([N+](=O)[O-])n1. The second-order valence-electron chi connectivity index (χ2n) is 4.12. The molecular weight excluding hydrogens is 314 g/mol. The van der Waals surface area contributed by atoms with Gasteiger partial charge in [-0.1, -0.05) is 0 Å². The van der Waals surface area contributed by atoms with Crippen LogP contribution in [0, 0.1) is 10.1 Å². The van der Waals surface area contributed by atoms with Gasteiger partial charge in [0.2, 0.25) is 10.8 Å². The van der Waals surface area contributed by atoms with Crippen molar-refractivity contribution in [2.24, 2.45) is 0 Å². The summed E-state index contributed by atoms with van der Waals surface area (Å²) in [6.45, 7) is 1.99. The molecule has 2 aromatic rings. The van der Waals surface area contributed by atoms with Crippen molar-refractivity contribution in [1.82, 2.24) is 14.8 Å². The van der Waals surface area contributed by atoms with E-state index in [4.69, 9.17) is 4.74 Å². The van der Waals surface area contributed by atoms with Crippen molar-refractivity contribution in [2.45, 2.75) is 18.4 Å². The van der Waals surface area contributed by atoms with E-state index in [0.29, 0.717) is 12.4 Å². The first-order valence-electron chi connectivity index (χ1n) is 6.12. The van der Waals surface area contributed by atoms with Gasteiger partial charge in [0.15, 0.2) is 0 Å². The number of methoxy groups -OCH3 is 1. The van der Waals surface area contributed by atoms with Gasteiger partial charge in [-0.15, -0.1) is 0 Å². The highest BCUT2D eigenvalue weighted by molar-refractivity contribution is 7.92. The van der Waals surface area contributed by atoms with Crippen molar-refractivity contribution < 1.29 is 18.1 Å². The molecule has 1 N–H and O–H groups in total. The standard InChI is InChI=1S/C11H13N5O5S/c1-3-15-7-9(11(13-15)16(17)18)22(19,20)14-8-4-5-10(21-2)12-6-8/h4-7,14H,3H2,1-2H3. The van der Waals surface area contributed by atoms with Gasteiger partial charge in [-0.3, -0.25) is 4.72 Å². The number of aryl methyl sites for hydroxylation is 1. The number of nitrogens with one attached hydrogen (secondary N) is 1. The molecule has 0 aromatic carbocycles. The molecule has 0 saturated heterocycles. The molecule has 11 heteroatoms. The fraction of sp³-hybridized carbons (Fsp3) is 0.273. The van der Waals surface area contributed by atoms with Crippen LogP contribution in [-0.4, -0.2) is 35.2 Å². The van der Waals surface area contributed by atoms with Crippen molar-refractivity contribution in [3.8, 4) is 5.88 Å².